The quantitative estimate of drug-likeness (QED) is 0.393. The van der Waals surface area contributed by atoms with Gasteiger partial charge in [0.05, 0.1) is 7.05 Å². The molecule has 84 valence electrons. The van der Waals surface area contributed by atoms with Gasteiger partial charge in [-0.05, 0) is 4.92 Å². The van der Waals surface area contributed by atoms with Crippen molar-refractivity contribution in [3.63, 3.8) is 0 Å². The van der Waals surface area contributed by atoms with Crippen molar-refractivity contribution in [1.82, 2.24) is 9.55 Å². The van der Waals surface area contributed by atoms with Crippen LogP contribution in [0.3, 0.4) is 0 Å². The summed E-state index contributed by atoms with van der Waals surface area (Å²) in [5, 5.41) is 18.2. The van der Waals surface area contributed by atoms with Crippen LogP contribution in [0.2, 0.25) is 0 Å². The fourth-order valence-electron chi connectivity index (χ4n) is 1.02. The molecule has 0 spiro atoms. The van der Waals surface area contributed by atoms with Crippen molar-refractivity contribution in [1.29, 1.82) is 0 Å². The van der Waals surface area contributed by atoms with E-state index in [0.29, 0.717) is 0 Å². The molecule has 1 heterocycles. The molecular weight excluding hydrogens is 230 g/mol. The van der Waals surface area contributed by atoms with E-state index in [-0.39, 0.29) is 5.82 Å². The van der Waals surface area contributed by atoms with Crippen LogP contribution < -0.4 is 0 Å². The lowest BCUT2D eigenvalue weighted by molar-refractivity contribution is -0.395. The lowest BCUT2D eigenvalue weighted by atomic mass is 10.6. The summed E-state index contributed by atoms with van der Waals surface area (Å²) in [6.07, 6.45) is 0. The highest BCUT2D eigenvalue weighted by Gasteiger charge is 2.32. The van der Waals surface area contributed by atoms with Gasteiger partial charge >= 0.3 is 15.9 Å². The molecule has 0 bridgehead atoms. The molecule has 15 heavy (non-hydrogen) atoms. The number of nitrogens with zero attached hydrogens (tertiary/aromatic N) is 3. The molecule has 1 aromatic rings. The molecule has 1 aromatic heterocycles. The van der Waals surface area contributed by atoms with E-state index in [1.165, 1.54) is 0 Å². The zero-order valence-electron chi connectivity index (χ0n) is 7.48. The Balaban J connectivity index is 3.60. The summed E-state index contributed by atoms with van der Waals surface area (Å²) in [6, 6.07) is 0. The maximum atomic E-state index is 10.7. The second kappa shape index (κ2) is 3.56. The third-order valence-electron chi connectivity index (χ3n) is 1.69. The Morgan fingerprint density at radius 1 is 1.60 bits per heavy atom. The number of aromatic nitrogens is 2. The minimum absolute atomic E-state index is 0.227. The second-order valence-electron chi connectivity index (χ2n) is 2.61. The van der Waals surface area contributed by atoms with Gasteiger partial charge in [-0.1, -0.05) is 0 Å². The summed E-state index contributed by atoms with van der Waals surface area (Å²) in [6.45, 7) is -0.674. The van der Waals surface area contributed by atoms with Gasteiger partial charge in [-0.25, -0.2) is 4.57 Å². The van der Waals surface area contributed by atoms with Gasteiger partial charge in [0, 0.05) is 0 Å². The molecule has 0 atom stereocenters. The zero-order chi connectivity index (χ0) is 11.8. The highest BCUT2D eigenvalue weighted by Crippen LogP contribution is 2.23. The van der Waals surface area contributed by atoms with E-state index in [1.807, 2.05) is 0 Å². The predicted octanol–water partition coefficient (Wildman–Crippen LogP) is -0.933. The van der Waals surface area contributed by atoms with Crippen LogP contribution in [0, 0.1) is 10.1 Å². The number of nitro groups is 1. The molecule has 0 aliphatic rings. The summed E-state index contributed by atoms with van der Waals surface area (Å²) < 4.78 is 30.9. The normalized spacial score (nSPS) is 11.7. The third kappa shape index (κ3) is 1.95. The van der Waals surface area contributed by atoms with Gasteiger partial charge in [-0.2, -0.15) is 13.4 Å². The standard InChI is InChI=1S/C5H7N3O6S/c1-7-3(2-9)6-4(15(12,13)14)5(7)8(10)11/h9H,2H2,1H3,(H,12,13,14). The van der Waals surface area contributed by atoms with Crippen molar-refractivity contribution in [2.75, 3.05) is 0 Å². The molecule has 0 saturated heterocycles. The van der Waals surface area contributed by atoms with Gasteiger partial charge in [-0.15, -0.1) is 0 Å². The predicted molar refractivity (Wildman–Crippen MR) is 45.6 cm³/mol. The van der Waals surface area contributed by atoms with Crippen LogP contribution in [-0.2, 0) is 23.8 Å². The summed E-state index contributed by atoms with van der Waals surface area (Å²) in [7, 11) is -3.62. The molecule has 0 aliphatic heterocycles. The van der Waals surface area contributed by atoms with Crippen molar-refractivity contribution < 1.29 is 23.0 Å². The number of aliphatic hydroxyl groups is 1. The Morgan fingerprint density at radius 2 is 2.13 bits per heavy atom. The van der Waals surface area contributed by atoms with E-state index in [2.05, 4.69) is 4.98 Å². The van der Waals surface area contributed by atoms with Crippen molar-refractivity contribution in [2.45, 2.75) is 11.6 Å². The highest BCUT2D eigenvalue weighted by molar-refractivity contribution is 7.85. The molecule has 0 aromatic carbocycles. The van der Waals surface area contributed by atoms with Crippen molar-refractivity contribution in [3.8, 4) is 0 Å². The average molecular weight is 237 g/mol. The van der Waals surface area contributed by atoms with Gasteiger partial charge < -0.3 is 15.2 Å². The van der Waals surface area contributed by atoms with Gasteiger partial charge in [0.25, 0.3) is 5.03 Å². The Labute approximate surface area is 83.9 Å². The van der Waals surface area contributed by atoms with Crippen LogP contribution in [0.15, 0.2) is 5.03 Å². The van der Waals surface area contributed by atoms with Gasteiger partial charge in [-0.3, -0.25) is 4.55 Å². The summed E-state index contributed by atoms with van der Waals surface area (Å²) in [5.41, 5.74) is 0. The first-order valence-corrected chi connectivity index (χ1v) is 5.01. The van der Waals surface area contributed by atoms with E-state index in [1.54, 1.807) is 0 Å². The molecule has 9 nitrogen and oxygen atoms in total. The Kier molecular flexibility index (Phi) is 2.75. The lowest BCUT2D eigenvalue weighted by Gasteiger charge is -1.96. The number of imidazole rings is 1. The van der Waals surface area contributed by atoms with E-state index in [0.717, 1.165) is 11.6 Å². The summed E-state index contributed by atoms with van der Waals surface area (Å²) in [5.74, 6) is -1.11. The van der Waals surface area contributed by atoms with Crippen molar-refractivity contribution in [2.24, 2.45) is 7.05 Å². The third-order valence-corrected chi connectivity index (χ3v) is 2.45. The van der Waals surface area contributed by atoms with Crippen LogP contribution in [0.4, 0.5) is 5.82 Å². The fraction of sp³-hybridized carbons (Fsp3) is 0.400. The molecule has 10 heteroatoms. The SMILES string of the molecule is Cn1c(CO)nc(S(=O)(=O)O)c1[N+](=O)[O-]. The number of hydrogen-bond acceptors (Lipinski definition) is 6. The summed E-state index contributed by atoms with van der Waals surface area (Å²) >= 11 is 0. The van der Waals surface area contributed by atoms with Crippen LogP contribution in [0.5, 0.6) is 0 Å². The van der Waals surface area contributed by atoms with Crippen molar-refractivity contribution in [3.05, 3.63) is 15.9 Å². The molecule has 0 radical (unpaired) electrons. The smallest absolute Gasteiger partial charge is 0.364 e. The van der Waals surface area contributed by atoms with Gasteiger partial charge in [0.1, 0.15) is 6.61 Å². The van der Waals surface area contributed by atoms with Crippen LogP contribution in [0.1, 0.15) is 5.82 Å². The van der Waals surface area contributed by atoms with Crippen molar-refractivity contribution >= 4 is 15.9 Å². The maximum Gasteiger partial charge on any atom is 0.364 e. The lowest BCUT2D eigenvalue weighted by Crippen LogP contribution is -2.05. The first-order chi connectivity index (χ1) is 6.79. The molecule has 0 unspecified atom stereocenters. The van der Waals surface area contributed by atoms with E-state index >= 15 is 0 Å². The minimum atomic E-state index is -4.77. The van der Waals surface area contributed by atoms with Crippen LogP contribution in [0.25, 0.3) is 0 Å². The monoisotopic (exact) mass is 237 g/mol. The van der Waals surface area contributed by atoms with E-state index in [4.69, 9.17) is 9.66 Å². The minimum Gasteiger partial charge on any atom is -0.386 e. The van der Waals surface area contributed by atoms with Gasteiger partial charge in [0.15, 0.2) is 0 Å². The number of rotatable bonds is 3. The molecular formula is C5H7N3O6S. The van der Waals surface area contributed by atoms with Gasteiger partial charge in [0.2, 0.25) is 5.82 Å². The largest absolute Gasteiger partial charge is 0.386 e. The Morgan fingerprint density at radius 3 is 2.40 bits per heavy atom. The zero-order valence-corrected chi connectivity index (χ0v) is 8.30. The summed E-state index contributed by atoms with van der Waals surface area (Å²) in [4.78, 5) is 12.8. The molecule has 1 rings (SSSR count). The number of hydrogen-bond donors (Lipinski definition) is 2. The Hall–Kier alpha value is -1.52. The number of aliphatic hydroxyl groups excluding tert-OH is 1. The molecule has 0 aliphatic carbocycles. The molecule has 2 N–H and O–H groups in total. The Bertz CT molecular complexity index is 503. The average Bonchev–Trinajstić information content (AvgIpc) is 2.41. The first kappa shape index (κ1) is 11.6. The van der Waals surface area contributed by atoms with Crippen LogP contribution in [-0.4, -0.2) is 32.6 Å². The van der Waals surface area contributed by atoms with E-state index < -0.39 is 32.5 Å². The molecule has 0 amide bonds. The second-order valence-corrected chi connectivity index (χ2v) is 3.94. The highest BCUT2D eigenvalue weighted by atomic mass is 32.2. The fourth-order valence-corrected chi connectivity index (χ4v) is 1.69. The first-order valence-electron chi connectivity index (χ1n) is 3.57. The maximum absolute atomic E-state index is 10.7. The van der Waals surface area contributed by atoms with Crippen LogP contribution >= 0.6 is 0 Å². The molecule has 0 fully saturated rings. The topological polar surface area (TPSA) is 136 Å². The van der Waals surface area contributed by atoms with E-state index in [9.17, 15) is 18.5 Å². The molecule has 0 saturated carbocycles.